The first-order valence-corrected chi connectivity index (χ1v) is 11.2. The van der Waals surface area contributed by atoms with Crippen molar-refractivity contribution in [3.05, 3.63) is 70.2 Å². The zero-order valence-electron chi connectivity index (χ0n) is 16.4. The van der Waals surface area contributed by atoms with Crippen LogP contribution in [-0.2, 0) is 11.3 Å². The highest BCUT2D eigenvalue weighted by molar-refractivity contribution is 8.00. The van der Waals surface area contributed by atoms with Crippen LogP contribution < -0.4 is 0 Å². The number of benzene rings is 2. The van der Waals surface area contributed by atoms with Gasteiger partial charge in [0, 0.05) is 43.3 Å². The van der Waals surface area contributed by atoms with Crippen LogP contribution in [0.3, 0.4) is 0 Å². The van der Waals surface area contributed by atoms with E-state index < -0.39 is 0 Å². The second-order valence-corrected chi connectivity index (χ2v) is 9.03. The second-order valence-electron chi connectivity index (χ2n) is 7.53. The molecule has 152 valence electrons. The van der Waals surface area contributed by atoms with Crippen molar-refractivity contribution < 1.29 is 9.59 Å². The first-order valence-electron chi connectivity index (χ1n) is 9.74. The van der Waals surface area contributed by atoms with E-state index in [4.69, 9.17) is 11.6 Å². The van der Waals surface area contributed by atoms with Gasteiger partial charge in [0.15, 0.2) is 0 Å². The van der Waals surface area contributed by atoms with E-state index in [1.54, 1.807) is 11.8 Å². The summed E-state index contributed by atoms with van der Waals surface area (Å²) in [5.41, 5.74) is 2.80. The molecule has 0 unspecified atom stereocenters. The number of nitrogens with zero attached hydrogens (tertiary/aromatic N) is 3. The summed E-state index contributed by atoms with van der Waals surface area (Å²) in [6.45, 7) is 3.89. The molecule has 2 aliphatic heterocycles. The van der Waals surface area contributed by atoms with Crippen molar-refractivity contribution in [2.24, 2.45) is 0 Å². The predicted molar refractivity (Wildman–Crippen MR) is 117 cm³/mol. The quantitative estimate of drug-likeness (QED) is 0.746. The minimum absolute atomic E-state index is 0.0361. The molecular formula is C22H24ClN3O2S. The highest BCUT2D eigenvalue weighted by atomic mass is 35.5. The standard InChI is InChI=1S/C22H24ClN3O2S/c1-24-10-12-25(13-11-24)21(28)17-4-6-18(7-5-17)22-26(20(27)15-29-22)14-16-2-8-19(23)9-3-16/h2-9,22H,10-15H2,1H3/t22-/m0/s1. The van der Waals surface area contributed by atoms with Crippen molar-refractivity contribution >= 4 is 35.2 Å². The first-order chi connectivity index (χ1) is 14.0. The largest absolute Gasteiger partial charge is 0.336 e. The number of piperazine rings is 1. The average Bonchev–Trinajstić information content (AvgIpc) is 3.10. The molecule has 0 N–H and O–H groups in total. The monoisotopic (exact) mass is 429 g/mol. The van der Waals surface area contributed by atoms with Gasteiger partial charge in [-0.25, -0.2) is 0 Å². The van der Waals surface area contributed by atoms with Crippen LogP contribution in [0.2, 0.25) is 5.02 Å². The number of carbonyl (C=O) groups excluding carboxylic acids is 2. The van der Waals surface area contributed by atoms with Crippen LogP contribution in [-0.4, -0.2) is 65.5 Å². The summed E-state index contributed by atoms with van der Waals surface area (Å²) in [6, 6.07) is 15.3. The van der Waals surface area contributed by atoms with Gasteiger partial charge in [0.05, 0.1) is 5.75 Å². The number of thioether (sulfide) groups is 1. The maximum absolute atomic E-state index is 12.8. The molecule has 4 rings (SSSR count). The molecule has 0 aromatic heterocycles. The second kappa shape index (κ2) is 8.78. The Hall–Kier alpha value is -2.02. The summed E-state index contributed by atoms with van der Waals surface area (Å²) in [5.74, 6) is 0.686. The summed E-state index contributed by atoms with van der Waals surface area (Å²) in [7, 11) is 2.08. The van der Waals surface area contributed by atoms with Crippen molar-refractivity contribution in [3.8, 4) is 0 Å². The lowest BCUT2D eigenvalue weighted by Gasteiger charge is -2.32. The lowest BCUT2D eigenvalue weighted by molar-refractivity contribution is -0.128. The molecule has 0 bridgehead atoms. The fraction of sp³-hybridized carbons (Fsp3) is 0.364. The molecule has 2 aromatic rings. The summed E-state index contributed by atoms with van der Waals surface area (Å²) in [6.07, 6.45) is 0. The van der Waals surface area contributed by atoms with Gasteiger partial charge in [-0.15, -0.1) is 11.8 Å². The van der Waals surface area contributed by atoms with Crippen LogP contribution in [0.4, 0.5) is 0 Å². The van der Waals surface area contributed by atoms with Crippen molar-refractivity contribution in [2.75, 3.05) is 39.0 Å². The van der Waals surface area contributed by atoms with Crippen molar-refractivity contribution in [1.29, 1.82) is 0 Å². The van der Waals surface area contributed by atoms with Gasteiger partial charge in [-0.05, 0) is 42.4 Å². The molecule has 2 fully saturated rings. The molecule has 2 aliphatic rings. The molecule has 2 aromatic carbocycles. The Morgan fingerprint density at radius 3 is 2.34 bits per heavy atom. The number of hydrogen-bond acceptors (Lipinski definition) is 4. The van der Waals surface area contributed by atoms with Gasteiger partial charge < -0.3 is 14.7 Å². The normalized spacial score (nSPS) is 20.3. The smallest absolute Gasteiger partial charge is 0.253 e. The number of hydrogen-bond donors (Lipinski definition) is 0. The van der Waals surface area contributed by atoms with Gasteiger partial charge in [-0.1, -0.05) is 35.9 Å². The fourth-order valence-electron chi connectivity index (χ4n) is 3.67. The topological polar surface area (TPSA) is 43.9 Å². The molecule has 0 spiro atoms. The summed E-state index contributed by atoms with van der Waals surface area (Å²) in [5, 5.41) is 0.652. The van der Waals surface area contributed by atoms with Gasteiger partial charge in [-0.2, -0.15) is 0 Å². The van der Waals surface area contributed by atoms with Crippen LogP contribution in [0.5, 0.6) is 0 Å². The molecule has 29 heavy (non-hydrogen) atoms. The van der Waals surface area contributed by atoms with Crippen molar-refractivity contribution in [1.82, 2.24) is 14.7 Å². The van der Waals surface area contributed by atoms with Gasteiger partial charge >= 0.3 is 0 Å². The molecule has 0 radical (unpaired) electrons. The zero-order chi connectivity index (χ0) is 20.4. The third kappa shape index (κ3) is 4.60. The van der Waals surface area contributed by atoms with E-state index in [1.807, 2.05) is 58.3 Å². The van der Waals surface area contributed by atoms with E-state index in [-0.39, 0.29) is 17.2 Å². The zero-order valence-corrected chi connectivity index (χ0v) is 18.0. The van der Waals surface area contributed by atoms with Crippen LogP contribution in [0.25, 0.3) is 0 Å². The number of amides is 2. The van der Waals surface area contributed by atoms with Gasteiger partial charge in [0.25, 0.3) is 5.91 Å². The van der Waals surface area contributed by atoms with Gasteiger partial charge in [-0.3, -0.25) is 9.59 Å². The molecule has 7 heteroatoms. The lowest BCUT2D eigenvalue weighted by atomic mass is 10.1. The number of halogens is 1. The third-order valence-corrected chi connectivity index (χ3v) is 6.98. The molecule has 2 saturated heterocycles. The van der Waals surface area contributed by atoms with E-state index in [0.29, 0.717) is 22.9 Å². The van der Waals surface area contributed by atoms with Gasteiger partial charge in [0.1, 0.15) is 5.37 Å². The number of carbonyl (C=O) groups is 2. The minimum Gasteiger partial charge on any atom is -0.336 e. The van der Waals surface area contributed by atoms with E-state index in [2.05, 4.69) is 11.9 Å². The molecule has 5 nitrogen and oxygen atoms in total. The molecule has 0 aliphatic carbocycles. The highest BCUT2D eigenvalue weighted by Gasteiger charge is 2.33. The fourth-order valence-corrected chi connectivity index (χ4v) is 4.98. The first kappa shape index (κ1) is 20.3. The molecular weight excluding hydrogens is 406 g/mol. The number of rotatable bonds is 4. The maximum atomic E-state index is 12.8. The van der Waals surface area contributed by atoms with Gasteiger partial charge in [0.2, 0.25) is 5.91 Å². The average molecular weight is 430 g/mol. The third-order valence-electron chi connectivity index (χ3n) is 5.47. The predicted octanol–water partition coefficient (Wildman–Crippen LogP) is 3.50. The van der Waals surface area contributed by atoms with E-state index >= 15 is 0 Å². The Morgan fingerprint density at radius 1 is 1.03 bits per heavy atom. The SMILES string of the molecule is CN1CCN(C(=O)c2ccc([C@@H]3SCC(=O)N3Cc3ccc(Cl)cc3)cc2)CC1. The van der Waals surface area contributed by atoms with E-state index in [1.165, 1.54) is 0 Å². The summed E-state index contributed by atoms with van der Waals surface area (Å²) in [4.78, 5) is 31.2. The maximum Gasteiger partial charge on any atom is 0.253 e. The molecule has 2 heterocycles. The summed E-state index contributed by atoms with van der Waals surface area (Å²) < 4.78 is 0. The summed E-state index contributed by atoms with van der Waals surface area (Å²) >= 11 is 7.59. The van der Waals surface area contributed by atoms with Crippen LogP contribution in [0.15, 0.2) is 48.5 Å². The Bertz CT molecular complexity index is 880. The lowest BCUT2D eigenvalue weighted by Crippen LogP contribution is -2.47. The molecule has 0 saturated carbocycles. The van der Waals surface area contributed by atoms with E-state index in [0.717, 1.165) is 37.3 Å². The van der Waals surface area contributed by atoms with Crippen molar-refractivity contribution in [2.45, 2.75) is 11.9 Å². The van der Waals surface area contributed by atoms with Crippen LogP contribution >= 0.6 is 23.4 Å². The highest BCUT2D eigenvalue weighted by Crippen LogP contribution is 2.39. The van der Waals surface area contributed by atoms with Crippen molar-refractivity contribution in [3.63, 3.8) is 0 Å². The Balaban J connectivity index is 1.46. The van der Waals surface area contributed by atoms with Crippen LogP contribution in [0, 0.1) is 0 Å². The Labute approximate surface area is 180 Å². The minimum atomic E-state index is -0.0361. The van der Waals surface area contributed by atoms with E-state index in [9.17, 15) is 9.59 Å². The van der Waals surface area contributed by atoms with Crippen LogP contribution in [0.1, 0.15) is 26.9 Å². The Kier molecular flexibility index (Phi) is 6.13. The molecule has 2 amide bonds. The Morgan fingerprint density at radius 2 is 1.69 bits per heavy atom. The number of likely N-dealkylation sites (N-methyl/N-ethyl adjacent to an activating group) is 1. The molecule has 1 atom stereocenters.